The van der Waals surface area contributed by atoms with Crippen molar-refractivity contribution in [1.29, 1.82) is 5.41 Å². The number of nitrogens with zero attached hydrogens (tertiary/aromatic N) is 1. The third kappa shape index (κ3) is 4.41. The van der Waals surface area contributed by atoms with E-state index in [1.165, 1.54) is 6.07 Å². The van der Waals surface area contributed by atoms with E-state index in [9.17, 15) is 8.78 Å². The quantitative estimate of drug-likeness (QED) is 0.463. The summed E-state index contributed by atoms with van der Waals surface area (Å²) in [5.74, 6) is 0.847. The molecule has 3 aliphatic heterocycles. The molecule has 0 amide bonds. The Kier molecular flexibility index (Phi) is 6.36. The number of alkyl halides is 2. The first-order valence-corrected chi connectivity index (χ1v) is 10.7. The van der Waals surface area contributed by atoms with E-state index >= 15 is 0 Å². The van der Waals surface area contributed by atoms with E-state index in [1.54, 1.807) is 11.0 Å². The molecule has 0 saturated carbocycles. The molecule has 3 aliphatic rings. The Morgan fingerprint density at radius 3 is 2.83 bits per heavy atom. The maximum atomic E-state index is 13.4. The summed E-state index contributed by atoms with van der Waals surface area (Å²) >= 11 is 3.20. The van der Waals surface area contributed by atoms with Gasteiger partial charge in [0.25, 0.3) is 6.43 Å². The van der Waals surface area contributed by atoms with Crippen LogP contribution < -0.4 is 20.3 Å². The van der Waals surface area contributed by atoms with Crippen LogP contribution in [0.2, 0.25) is 0 Å². The molecule has 0 aliphatic carbocycles. The third-order valence-electron chi connectivity index (χ3n) is 5.55. The lowest BCUT2D eigenvalue weighted by atomic mass is 10.0. The highest BCUT2D eigenvalue weighted by Crippen LogP contribution is 2.40. The highest BCUT2D eigenvalue weighted by Gasteiger charge is 2.29. The Balaban J connectivity index is 1.64. The molecule has 1 saturated heterocycles. The van der Waals surface area contributed by atoms with Gasteiger partial charge in [0.15, 0.2) is 0 Å². The van der Waals surface area contributed by atoms with Gasteiger partial charge in [-0.3, -0.25) is 5.41 Å². The molecule has 0 unspecified atom stereocenters. The van der Waals surface area contributed by atoms with Crippen LogP contribution in [0, 0.1) is 5.41 Å². The highest BCUT2D eigenvalue weighted by molar-refractivity contribution is 9.10. The molecule has 0 spiro atoms. The smallest absolute Gasteiger partial charge is 0.265 e. The second-order valence-corrected chi connectivity index (χ2v) is 8.26. The van der Waals surface area contributed by atoms with Crippen LogP contribution in [0.15, 0.2) is 27.9 Å². The van der Waals surface area contributed by atoms with E-state index in [4.69, 9.17) is 14.9 Å². The van der Waals surface area contributed by atoms with Crippen molar-refractivity contribution in [2.75, 3.05) is 44.4 Å². The molecule has 0 radical (unpaired) electrons. The number of benzene rings is 1. The van der Waals surface area contributed by atoms with Gasteiger partial charge in [0.2, 0.25) is 0 Å². The van der Waals surface area contributed by atoms with Crippen molar-refractivity contribution in [3.63, 3.8) is 0 Å². The summed E-state index contributed by atoms with van der Waals surface area (Å²) in [5, 5.41) is 15.9. The summed E-state index contributed by atoms with van der Waals surface area (Å²) < 4.78 is 38.3. The van der Waals surface area contributed by atoms with Gasteiger partial charge in [-0.1, -0.05) is 15.9 Å². The van der Waals surface area contributed by atoms with Gasteiger partial charge in [-0.2, -0.15) is 0 Å². The number of nitrogens with one attached hydrogen (secondary N) is 3. The maximum Gasteiger partial charge on any atom is 0.265 e. The zero-order valence-corrected chi connectivity index (χ0v) is 17.7. The lowest BCUT2D eigenvalue weighted by Gasteiger charge is -2.35. The van der Waals surface area contributed by atoms with Crippen LogP contribution in [-0.2, 0) is 4.74 Å². The minimum absolute atomic E-state index is 0.0941. The normalized spacial score (nSPS) is 20.5. The number of hydrogen-bond acceptors (Lipinski definition) is 5. The Hall–Kier alpha value is -1.71. The van der Waals surface area contributed by atoms with Crippen molar-refractivity contribution >= 4 is 27.5 Å². The summed E-state index contributed by atoms with van der Waals surface area (Å²) in [6, 6.07) is 3.35. The van der Waals surface area contributed by atoms with Crippen molar-refractivity contribution in [3.05, 3.63) is 33.4 Å². The van der Waals surface area contributed by atoms with E-state index in [-0.39, 0.29) is 5.56 Å². The fraction of sp³-hybridized carbons (Fsp3) is 0.550. The highest BCUT2D eigenvalue weighted by atomic mass is 79.9. The van der Waals surface area contributed by atoms with Crippen LogP contribution in [0.5, 0.6) is 5.75 Å². The van der Waals surface area contributed by atoms with Crippen molar-refractivity contribution in [2.24, 2.45) is 0 Å². The minimum Gasteiger partial charge on any atom is -0.489 e. The van der Waals surface area contributed by atoms with Crippen LogP contribution in [0.3, 0.4) is 0 Å². The molecule has 3 N–H and O–H groups in total. The first-order valence-electron chi connectivity index (χ1n) is 9.92. The first kappa shape index (κ1) is 20.6. The van der Waals surface area contributed by atoms with E-state index in [0.29, 0.717) is 47.5 Å². The van der Waals surface area contributed by atoms with Crippen LogP contribution in [0.4, 0.5) is 14.5 Å². The molecular weight excluding hydrogens is 446 g/mol. The van der Waals surface area contributed by atoms with Crippen LogP contribution in [0.1, 0.15) is 31.3 Å². The Labute approximate surface area is 177 Å². The number of amidine groups is 1. The molecule has 9 heteroatoms. The van der Waals surface area contributed by atoms with Crippen LogP contribution in [0.25, 0.3) is 0 Å². The van der Waals surface area contributed by atoms with Gasteiger partial charge in [-0.15, -0.1) is 0 Å². The zero-order valence-electron chi connectivity index (χ0n) is 16.1. The van der Waals surface area contributed by atoms with E-state index in [2.05, 4.69) is 26.6 Å². The SMILES string of the molecule is N=C(C1=C(NC2CCOCC2)CCNC1)N1CCOc2cc(Br)c(C(F)F)cc21. The summed E-state index contributed by atoms with van der Waals surface area (Å²) in [5.41, 5.74) is 2.38. The van der Waals surface area contributed by atoms with Gasteiger partial charge >= 0.3 is 0 Å². The van der Waals surface area contributed by atoms with Crippen molar-refractivity contribution in [2.45, 2.75) is 31.7 Å². The van der Waals surface area contributed by atoms with E-state index < -0.39 is 6.43 Å². The standard InChI is InChI=1S/C20H25BrF2N4O2/c21-15-10-18-17(9-13(15)19(22)23)27(5-8-29-18)20(24)14-11-25-4-1-16(14)26-12-2-6-28-7-3-12/h9-10,12,19,24-26H,1-8,11H2. The molecule has 0 atom stereocenters. The van der Waals surface area contributed by atoms with Crippen molar-refractivity contribution < 1.29 is 18.3 Å². The van der Waals surface area contributed by atoms with Gasteiger partial charge in [0.1, 0.15) is 18.2 Å². The lowest BCUT2D eigenvalue weighted by molar-refractivity contribution is 0.0800. The topological polar surface area (TPSA) is 69.6 Å². The average molecular weight is 471 g/mol. The zero-order chi connectivity index (χ0) is 20.4. The number of fused-ring (bicyclic) bond motifs is 1. The molecule has 29 heavy (non-hydrogen) atoms. The van der Waals surface area contributed by atoms with E-state index in [0.717, 1.165) is 50.3 Å². The van der Waals surface area contributed by atoms with Gasteiger partial charge in [0, 0.05) is 60.1 Å². The number of hydrogen-bond donors (Lipinski definition) is 3. The molecule has 1 aromatic rings. The first-order chi connectivity index (χ1) is 14.0. The average Bonchev–Trinajstić information content (AvgIpc) is 2.73. The summed E-state index contributed by atoms with van der Waals surface area (Å²) in [7, 11) is 0. The van der Waals surface area contributed by atoms with Crippen LogP contribution in [-0.4, -0.2) is 51.3 Å². The predicted molar refractivity (Wildman–Crippen MR) is 111 cm³/mol. The van der Waals surface area contributed by atoms with Gasteiger partial charge in [-0.05, 0) is 25.0 Å². The lowest BCUT2D eigenvalue weighted by Crippen LogP contribution is -2.45. The Bertz CT molecular complexity index is 812. The monoisotopic (exact) mass is 470 g/mol. The molecule has 158 valence electrons. The van der Waals surface area contributed by atoms with Gasteiger partial charge in [-0.25, -0.2) is 8.78 Å². The molecular formula is C20H25BrF2N4O2. The van der Waals surface area contributed by atoms with Crippen molar-refractivity contribution in [1.82, 2.24) is 10.6 Å². The number of anilines is 1. The number of ether oxygens (including phenoxy) is 2. The fourth-order valence-corrected chi connectivity index (χ4v) is 4.47. The van der Waals surface area contributed by atoms with Gasteiger partial charge < -0.3 is 25.0 Å². The third-order valence-corrected chi connectivity index (χ3v) is 6.24. The van der Waals surface area contributed by atoms with Gasteiger partial charge in [0.05, 0.1) is 12.2 Å². The van der Waals surface area contributed by atoms with Crippen molar-refractivity contribution in [3.8, 4) is 5.75 Å². The second-order valence-electron chi connectivity index (χ2n) is 7.41. The summed E-state index contributed by atoms with van der Waals surface area (Å²) in [6.07, 6.45) is 0.108. The minimum atomic E-state index is -2.60. The molecule has 6 nitrogen and oxygen atoms in total. The fourth-order valence-electron chi connectivity index (χ4n) is 3.97. The molecule has 0 aromatic heterocycles. The number of rotatable bonds is 4. The van der Waals surface area contributed by atoms with E-state index in [1.807, 2.05) is 0 Å². The molecule has 1 aromatic carbocycles. The Morgan fingerprint density at radius 1 is 1.28 bits per heavy atom. The number of halogens is 3. The van der Waals surface area contributed by atoms with Crippen LogP contribution >= 0.6 is 15.9 Å². The second kappa shape index (κ2) is 8.97. The molecule has 0 bridgehead atoms. The summed E-state index contributed by atoms with van der Waals surface area (Å²) in [4.78, 5) is 1.78. The molecule has 4 rings (SSSR count). The largest absolute Gasteiger partial charge is 0.489 e. The molecule has 1 fully saturated rings. The predicted octanol–water partition coefficient (Wildman–Crippen LogP) is 3.58. The molecule has 3 heterocycles. The maximum absolute atomic E-state index is 13.4. The Morgan fingerprint density at radius 2 is 2.07 bits per heavy atom. The summed E-state index contributed by atoms with van der Waals surface area (Å²) in [6.45, 7) is 3.78.